The number of methoxy groups -OCH3 is 1. The summed E-state index contributed by atoms with van der Waals surface area (Å²) < 4.78 is 8.76. The van der Waals surface area contributed by atoms with E-state index in [1.54, 1.807) is 19.2 Å². The molecule has 0 unspecified atom stereocenters. The summed E-state index contributed by atoms with van der Waals surface area (Å²) in [5, 5.41) is 0.953. The zero-order valence-corrected chi connectivity index (χ0v) is 14.7. The van der Waals surface area contributed by atoms with Crippen LogP contribution in [0.1, 0.15) is 0 Å². The van der Waals surface area contributed by atoms with Crippen LogP contribution in [0.4, 0.5) is 0 Å². The minimum atomic E-state index is 0.473. The Hall–Kier alpha value is -1.01. The summed E-state index contributed by atoms with van der Waals surface area (Å²) in [5.41, 5.74) is 2.48. The Morgan fingerprint density at radius 1 is 1.19 bits per heavy atom. The average molecular weight is 404 g/mol. The number of H-pyrrole nitrogens is 1. The van der Waals surface area contributed by atoms with Crippen LogP contribution in [0.25, 0.3) is 16.7 Å². The molecule has 3 nitrogen and oxygen atoms in total. The fourth-order valence-electron chi connectivity index (χ4n) is 2.18. The van der Waals surface area contributed by atoms with Gasteiger partial charge in [0.25, 0.3) is 0 Å². The average Bonchev–Trinajstić information content (AvgIpc) is 2.74. The summed E-state index contributed by atoms with van der Waals surface area (Å²) in [6, 6.07) is 9.26. The van der Waals surface area contributed by atoms with E-state index < -0.39 is 0 Å². The van der Waals surface area contributed by atoms with Crippen molar-refractivity contribution in [3.8, 4) is 11.4 Å². The van der Waals surface area contributed by atoms with Gasteiger partial charge in [-0.1, -0.05) is 39.1 Å². The van der Waals surface area contributed by atoms with Crippen LogP contribution in [0, 0.1) is 4.77 Å². The van der Waals surface area contributed by atoms with Crippen molar-refractivity contribution in [3.05, 3.63) is 49.6 Å². The third kappa shape index (κ3) is 2.59. The highest BCUT2D eigenvalue weighted by molar-refractivity contribution is 9.10. The van der Waals surface area contributed by atoms with Crippen LogP contribution in [-0.4, -0.2) is 16.7 Å². The third-order valence-corrected chi connectivity index (χ3v) is 4.61. The minimum Gasteiger partial charge on any atom is -0.495 e. The standard InChI is InChI=1S/C14H9BrCl2N2OS/c1-20-13-3-2-7(15)4-12(13)19-11-6-9(17)8(16)5-10(11)18-14(19)21/h2-6H,1H3,(H,18,21). The van der Waals surface area contributed by atoms with E-state index in [9.17, 15) is 0 Å². The van der Waals surface area contributed by atoms with E-state index in [0.717, 1.165) is 21.2 Å². The molecule has 0 bridgehead atoms. The number of hydrogen-bond acceptors (Lipinski definition) is 2. The predicted octanol–water partition coefficient (Wildman–Crippen LogP) is 5.77. The van der Waals surface area contributed by atoms with Crippen LogP contribution < -0.4 is 4.74 Å². The van der Waals surface area contributed by atoms with Gasteiger partial charge in [-0.3, -0.25) is 4.57 Å². The molecule has 0 amide bonds. The maximum atomic E-state index is 6.13. The summed E-state index contributed by atoms with van der Waals surface area (Å²) in [7, 11) is 1.62. The molecule has 2 aromatic carbocycles. The molecule has 0 aliphatic rings. The molecule has 7 heteroatoms. The van der Waals surface area contributed by atoms with Gasteiger partial charge in [0, 0.05) is 4.47 Å². The molecule has 0 saturated heterocycles. The summed E-state index contributed by atoms with van der Waals surface area (Å²) >= 11 is 21.1. The Labute approximate surface area is 144 Å². The number of ether oxygens (including phenoxy) is 1. The number of aromatic amines is 1. The van der Waals surface area contributed by atoms with E-state index >= 15 is 0 Å². The molecule has 0 spiro atoms. The van der Waals surface area contributed by atoms with Gasteiger partial charge in [-0.25, -0.2) is 0 Å². The van der Waals surface area contributed by atoms with Gasteiger partial charge in [0.05, 0.1) is 33.9 Å². The topological polar surface area (TPSA) is 29.9 Å². The highest BCUT2D eigenvalue weighted by Crippen LogP contribution is 2.33. The molecular weight excluding hydrogens is 395 g/mol. The highest BCUT2D eigenvalue weighted by Gasteiger charge is 2.13. The lowest BCUT2D eigenvalue weighted by molar-refractivity contribution is 0.413. The number of halogens is 3. The monoisotopic (exact) mass is 402 g/mol. The number of benzene rings is 2. The van der Waals surface area contributed by atoms with E-state index in [4.69, 9.17) is 40.2 Å². The Balaban J connectivity index is 2.40. The van der Waals surface area contributed by atoms with E-state index in [0.29, 0.717) is 20.6 Å². The van der Waals surface area contributed by atoms with Gasteiger partial charge in [-0.2, -0.15) is 0 Å². The molecule has 3 aromatic rings. The fourth-order valence-corrected chi connectivity index (χ4v) is 3.16. The molecular formula is C14H9BrCl2N2OS. The van der Waals surface area contributed by atoms with Crippen molar-refractivity contribution in [2.45, 2.75) is 0 Å². The molecule has 1 heterocycles. The van der Waals surface area contributed by atoms with E-state index in [1.807, 2.05) is 22.8 Å². The highest BCUT2D eigenvalue weighted by atomic mass is 79.9. The maximum absolute atomic E-state index is 6.13. The molecule has 0 aliphatic carbocycles. The SMILES string of the molecule is COc1ccc(Br)cc1-n1c(=S)[nH]c2cc(Cl)c(Cl)cc21. The Bertz CT molecular complexity index is 904. The van der Waals surface area contributed by atoms with Crippen molar-refractivity contribution in [2.24, 2.45) is 0 Å². The number of nitrogens with one attached hydrogen (secondary N) is 1. The second kappa shape index (κ2) is 5.65. The van der Waals surface area contributed by atoms with Crippen LogP contribution >= 0.6 is 51.3 Å². The third-order valence-electron chi connectivity index (χ3n) is 3.11. The largest absolute Gasteiger partial charge is 0.495 e. The van der Waals surface area contributed by atoms with Crippen LogP contribution in [0.3, 0.4) is 0 Å². The molecule has 0 atom stereocenters. The second-order valence-corrected chi connectivity index (χ2v) is 6.48. The van der Waals surface area contributed by atoms with Crippen LogP contribution in [0.2, 0.25) is 10.0 Å². The lowest BCUT2D eigenvalue weighted by atomic mass is 10.2. The van der Waals surface area contributed by atoms with Crippen molar-refractivity contribution < 1.29 is 4.74 Å². The molecule has 1 aromatic heterocycles. The van der Waals surface area contributed by atoms with Gasteiger partial charge in [0.1, 0.15) is 5.75 Å². The molecule has 0 aliphatic heterocycles. The van der Waals surface area contributed by atoms with E-state index in [-0.39, 0.29) is 0 Å². The molecule has 0 saturated carbocycles. The van der Waals surface area contributed by atoms with Crippen LogP contribution in [-0.2, 0) is 0 Å². The van der Waals surface area contributed by atoms with Gasteiger partial charge in [-0.15, -0.1) is 0 Å². The Morgan fingerprint density at radius 2 is 1.90 bits per heavy atom. The van der Waals surface area contributed by atoms with Crippen molar-refractivity contribution in [2.75, 3.05) is 7.11 Å². The number of aromatic nitrogens is 2. The minimum absolute atomic E-state index is 0.473. The zero-order chi connectivity index (χ0) is 15.1. The first kappa shape index (κ1) is 14.9. The lowest BCUT2D eigenvalue weighted by Crippen LogP contribution is -1.98. The fraction of sp³-hybridized carbons (Fsp3) is 0.0714. The van der Waals surface area contributed by atoms with Gasteiger partial charge in [0.15, 0.2) is 4.77 Å². The first-order valence-electron chi connectivity index (χ1n) is 5.95. The first-order chi connectivity index (χ1) is 10.0. The molecule has 1 N–H and O–H groups in total. The quantitative estimate of drug-likeness (QED) is 0.550. The van der Waals surface area contributed by atoms with Crippen molar-refractivity contribution >= 4 is 62.4 Å². The first-order valence-corrected chi connectivity index (χ1v) is 7.90. The molecule has 0 radical (unpaired) electrons. The Morgan fingerprint density at radius 3 is 2.62 bits per heavy atom. The van der Waals surface area contributed by atoms with Crippen molar-refractivity contribution in [1.29, 1.82) is 0 Å². The van der Waals surface area contributed by atoms with Gasteiger partial charge < -0.3 is 9.72 Å². The Kier molecular flexibility index (Phi) is 4.01. The molecule has 3 rings (SSSR count). The van der Waals surface area contributed by atoms with Crippen molar-refractivity contribution in [1.82, 2.24) is 9.55 Å². The van der Waals surface area contributed by atoms with Crippen LogP contribution in [0.5, 0.6) is 5.75 Å². The molecule has 0 fully saturated rings. The lowest BCUT2D eigenvalue weighted by Gasteiger charge is -2.11. The van der Waals surface area contributed by atoms with Gasteiger partial charge in [0.2, 0.25) is 0 Å². The molecule has 108 valence electrons. The molecule has 21 heavy (non-hydrogen) atoms. The van der Waals surface area contributed by atoms with E-state index in [1.165, 1.54) is 0 Å². The van der Waals surface area contributed by atoms with Gasteiger partial charge in [-0.05, 0) is 42.5 Å². The normalized spacial score (nSPS) is 11.0. The van der Waals surface area contributed by atoms with E-state index in [2.05, 4.69) is 20.9 Å². The van der Waals surface area contributed by atoms with Crippen LogP contribution in [0.15, 0.2) is 34.8 Å². The summed E-state index contributed by atoms with van der Waals surface area (Å²) in [6.45, 7) is 0. The number of imidazole rings is 1. The number of hydrogen-bond donors (Lipinski definition) is 1. The zero-order valence-electron chi connectivity index (χ0n) is 10.8. The predicted molar refractivity (Wildman–Crippen MR) is 92.7 cm³/mol. The maximum Gasteiger partial charge on any atom is 0.182 e. The number of fused-ring (bicyclic) bond motifs is 1. The number of nitrogens with zero attached hydrogens (tertiary/aromatic N) is 1. The smallest absolute Gasteiger partial charge is 0.182 e. The second-order valence-electron chi connectivity index (χ2n) is 4.37. The number of rotatable bonds is 2. The van der Waals surface area contributed by atoms with Crippen molar-refractivity contribution in [3.63, 3.8) is 0 Å². The summed E-state index contributed by atoms with van der Waals surface area (Å²) in [4.78, 5) is 3.13. The van der Waals surface area contributed by atoms with Gasteiger partial charge >= 0.3 is 0 Å². The summed E-state index contributed by atoms with van der Waals surface area (Å²) in [6.07, 6.45) is 0. The summed E-state index contributed by atoms with van der Waals surface area (Å²) in [5.74, 6) is 0.710.